The van der Waals surface area contributed by atoms with Crippen molar-refractivity contribution in [2.75, 3.05) is 19.6 Å². The van der Waals surface area contributed by atoms with Gasteiger partial charge in [-0.1, -0.05) is 30.3 Å². The molecule has 0 radical (unpaired) electrons. The maximum absolute atomic E-state index is 12.0. The van der Waals surface area contributed by atoms with Gasteiger partial charge in [-0.05, 0) is 50.0 Å². The van der Waals surface area contributed by atoms with Crippen molar-refractivity contribution in [3.05, 3.63) is 35.9 Å². The lowest BCUT2D eigenvalue weighted by Gasteiger charge is -2.21. The van der Waals surface area contributed by atoms with Gasteiger partial charge in [0.15, 0.2) is 0 Å². The lowest BCUT2D eigenvalue weighted by molar-refractivity contribution is 0.177. The molecule has 1 aromatic carbocycles. The largest absolute Gasteiger partial charge is 0.393 e. The minimum absolute atomic E-state index is 0.0736. The minimum Gasteiger partial charge on any atom is -0.393 e. The van der Waals surface area contributed by atoms with Crippen molar-refractivity contribution in [3.8, 4) is 0 Å². The van der Waals surface area contributed by atoms with Crippen LogP contribution in [0.3, 0.4) is 0 Å². The highest BCUT2D eigenvalue weighted by Crippen LogP contribution is 2.25. The molecule has 2 aliphatic rings. The molecule has 2 amide bonds. The molecule has 1 aliphatic carbocycles. The van der Waals surface area contributed by atoms with E-state index in [9.17, 15) is 9.90 Å². The van der Waals surface area contributed by atoms with Crippen molar-refractivity contribution in [2.45, 2.75) is 51.3 Å². The molecule has 25 heavy (non-hydrogen) atoms. The fourth-order valence-corrected chi connectivity index (χ4v) is 4.17. The first-order chi connectivity index (χ1) is 12.1. The van der Waals surface area contributed by atoms with E-state index < -0.39 is 0 Å². The van der Waals surface area contributed by atoms with Gasteiger partial charge in [0.05, 0.1) is 6.10 Å². The van der Waals surface area contributed by atoms with Crippen LogP contribution in [-0.2, 0) is 6.54 Å². The highest BCUT2D eigenvalue weighted by Gasteiger charge is 2.29. The predicted molar refractivity (Wildman–Crippen MR) is 99.2 cm³/mol. The molecule has 0 aromatic heterocycles. The molecule has 5 nitrogen and oxygen atoms in total. The smallest absolute Gasteiger partial charge is 0.314 e. The maximum Gasteiger partial charge on any atom is 0.314 e. The van der Waals surface area contributed by atoms with E-state index >= 15 is 0 Å². The van der Waals surface area contributed by atoms with Gasteiger partial charge in [0.25, 0.3) is 0 Å². The number of benzene rings is 1. The number of hydrogen-bond acceptors (Lipinski definition) is 3. The molecule has 1 saturated carbocycles. The molecule has 1 saturated heterocycles. The van der Waals surface area contributed by atoms with Gasteiger partial charge >= 0.3 is 6.03 Å². The number of nitrogens with zero attached hydrogens (tertiary/aromatic N) is 1. The number of aliphatic hydroxyl groups is 1. The molecule has 4 atom stereocenters. The fourth-order valence-electron chi connectivity index (χ4n) is 4.17. The number of carbonyl (C=O) groups excluding carboxylic acids is 1. The highest BCUT2D eigenvalue weighted by atomic mass is 16.3. The zero-order chi connectivity index (χ0) is 17.6. The van der Waals surface area contributed by atoms with Crippen LogP contribution in [0.1, 0.15) is 38.2 Å². The van der Waals surface area contributed by atoms with Crippen molar-refractivity contribution < 1.29 is 9.90 Å². The van der Waals surface area contributed by atoms with Crippen LogP contribution in [0.5, 0.6) is 0 Å². The maximum atomic E-state index is 12.0. The second kappa shape index (κ2) is 8.68. The van der Waals surface area contributed by atoms with Crippen LogP contribution >= 0.6 is 0 Å². The number of urea groups is 1. The van der Waals surface area contributed by atoms with Crippen molar-refractivity contribution in [2.24, 2.45) is 11.8 Å². The number of amides is 2. The van der Waals surface area contributed by atoms with E-state index in [0.29, 0.717) is 24.4 Å². The van der Waals surface area contributed by atoms with E-state index in [0.717, 1.165) is 45.3 Å². The third-order valence-corrected chi connectivity index (χ3v) is 5.64. The number of carbonyl (C=O) groups is 1. The second-order valence-corrected chi connectivity index (χ2v) is 7.79. The van der Waals surface area contributed by atoms with Crippen LogP contribution in [0, 0.1) is 11.8 Å². The Kier molecular flexibility index (Phi) is 6.32. The van der Waals surface area contributed by atoms with Gasteiger partial charge in [0.2, 0.25) is 0 Å². The summed E-state index contributed by atoms with van der Waals surface area (Å²) >= 11 is 0. The average molecular weight is 345 g/mol. The van der Waals surface area contributed by atoms with Crippen LogP contribution in [0.25, 0.3) is 0 Å². The van der Waals surface area contributed by atoms with Crippen LogP contribution in [0.15, 0.2) is 30.3 Å². The van der Waals surface area contributed by atoms with Gasteiger partial charge in [-0.15, -0.1) is 0 Å². The number of nitrogens with one attached hydrogen (secondary N) is 2. The van der Waals surface area contributed by atoms with E-state index in [1.807, 2.05) is 0 Å². The lowest BCUT2D eigenvalue weighted by Crippen LogP contribution is -2.40. The Labute approximate surface area is 150 Å². The summed E-state index contributed by atoms with van der Waals surface area (Å²) in [6.45, 7) is 5.69. The lowest BCUT2D eigenvalue weighted by atomic mass is 10.1. The Balaban J connectivity index is 1.35. The normalized spacial score (nSPS) is 29.7. The predicted octanol–water partition coefficient (Wildman–Crippen LogP) is 2.36. The zero-order valence-corrected chi connectivity index (χ0v) is 15.2. The van der Waals surface area contributed by atoms with Crippen LogP contribution in [0.4, 0.5) is 4.79 Å². The molecule has 1 heterocycles. The number of rotatable bonds is 6. The van der Waals surface area contributed by atoms with E-state index in [1.54, 1.807) is 0 Å². The molecular weight excluding hydrogens is 314 g/mol. The van der Waals surface area contributed by atoms with Crippen molar-refractivity contribution in [3.63, 3.8) is 0 Å². The minimum atomic E-state index is -0.176. The monoisotopic (exact) mass is 345 g/mol. The Morgan fingerprint density at radius 1 is 1.12 bits per heavy atom. The number of likely N-dealkylation sites (tertiary alicyclic amines) is 1. The molecule has 3 N–H and O–H groups in total. The summed E-state index contributed by atoms with van der Waals surface area (Å²) in [5, 5.41) is 15.5. The molecule has 0 unspecified atom stereocenters. The average Bonchev–Trinajstić information content (AvgIpc) is 3.18. The molecule has 0 spiro atoms. The van der Waals surface area contributed by atoms with Gasteiger partial charge < -0.3 is 15.7 Å². The van der Waals surface area contributed by atoms with E-state index in [-0.39, 0.29) is 12.1 Å². The SMILES string of the molecule is C[C@@H]1C[C@H](CNC(=O)NC[C@@H]2CC[C@@H](O)C2)CN1Cc1ccccc1. The first kappa shape index (κ1) is 18.2. The quantitative estimate of drug-likeness (QED) is 0.742. The third kappa shape index (κ3) is 5.44. The van der Waals surface area contributed by atoms with Crippen LogP contribution in [0.2, 0.25) is 0 Å². The Bertz CT molecular complexity index is 551. The summed E-state index contributed by atoms with van der Waals surface area (Å²) in [5.74, 6) is 0.936. The molecular formula is C20H31N3O2. The van der Waals surface area contributed by atoms with Crippen molar-refractivity contribution in [1.82, 2.24) is 15.5 Å². The van der Waals surface area contributed by atoms with Crippen LogP contribution in [-0.4, -0.2) is 47.8 Å². The van der Waals surface area contributed by atoms with Crippen LogP contribution < -0.4 is 10.6 Å². The molecule has 2 fully saturated rings. The van der Waals surface area contributed by atoms with E-state index in [1.165, 1.54) is 5.56 Å². The van der Waals surface area contributed by atoms with Crippen molar-refractivity contribution in [1.29, 1.82) is 0 Å². The van der Waals surface area contributed by atoms with Gasteiger partial charge in [-0.3, -0.25) is 4.90 Å². The van der Waals surface area contributed by atoms with Gasteiger partial charge in [0, 0.05) is 32.2 Å². The Morgan fingerprint density at radius 3 is 2.52 bits per heavy atom. The summed E-state index contributed by atoms with van der Waals surface area (Å²) in [6.07, 6.45) is 3.64. The number of aliphatic hydroxyl groups excluding tert-OH is 1. The number of hydrogen-bond donors (Lipinski definition) is 3. The summed E-state index contributed by atoms with van der Waals surface area (Å²) in [6, 6.07) is 11.0. The topological polar surface area (TPSA) is 64.6 Å². The summed E-state index contributed by atoms with van der Waals surface area (Å²) in [5.41, 5.74) is 1.35. The molecule has 1 aromatic rings. The molecule has 1 aliphatic heterocycles. The molecule has 5 heteroatoms. The molecule has 138 valence electrons. The molecule has 0 bridgehead atoms. The fraction of sp³-hybridized carbons (Fsp3) is 0.650. The Morgan fingerprint density at radius 2 is 1.84 bits per heavy atom. The standard InChI is InChI=1S/C20H31N3O2/c1-15-9-18(14-23(15)13-16-5-3-2-4-6-16)12-22-20(25)21-11-17-7-8-19(24)10-17/h2-6,15,17-19,24H,7-14H2,1H3,(H2,21,22,25)/t15-,17-,18-,19-/m1/s1. The highest BCUT2D eigenvalue weighted by molar-refractivity contribution is 5.73. The second-order valence-electron chi connectivity index (χ2n) is 7.79. The van der Waals surface area contributed by atoms with E-state index in [2.05, 4.69) is 52.8 Å². The first-order valence-electron chi connectivity index (χ1n) is 9.58. The van der Waals surface area contributed by atoms with E-state index in [4.69, 9.17) is 0 Å². The Hall–Kier alpha value is -1.59. The zero-order valence-electron chi connectivity index (χ0n) is 15.2. The van der Waals surface area contributed by atoms with Gasteiger partial charge in [-0.25, -0.2) is 4.79 Å². The van der Waals surface area contributed by atoms with Gasteiger partial charge in [-0.2, -0.15) is 0 Å². The summed E-state index contributed by atoms with van der Waals surface area (Å²) in [4.78, 5) is 14.5. The summed E-state index contributed by atoms with van der Waals surface area (Å²) in [7, 11) is 0. The van der Waals surface area contributed by atoms with Crippen molar-refractivity contribution >= 4 is 6.03 Å². The summed E-state index contributed by atoms with van der Waals surface area (Å²) < 4.78 is 0. The first-order valence-corrected chi connectivity index (χ1v) is 9.58. The third-order valence-electron chi connectivity index (χ3n) is 5.64. The molecule has 3 rings (SSSR count). The van der Waals surface area contributed by atoms with Gasteiger partial charge in [0.1, 0.15) is 0 Å².